The second-order valence-electron chi connectivity index (χ2n) is 5.53. The first kappa shape index (κ1) is 10.3. The lowest BCUT2D eigenvalue weighted by Crippen LogP contribution is -2.51. The molecule has 2 aliphatic rings. The van der Waals surface area contributed by atoms with E-state index >= 15 is 0 Å². The van der Waals surface area contributed by atoms with E-state index < -0.39 is 0 Å². The van der Waals surface area contributed by atoms with Gasteiger partial charge in [0.25, 0.3) is 0 Å². The zero-order chi connectivity index (χ0) is 11.2. The molecule has 88 valence electrons. The third-order valence-electron chi connectivity index (χ3n) is 3.90. The van der Waals surface area contributed by atoms with Crippen molar-refractivity contribution in [1.29, 1.82) is 0 Å². The SMILES string of the molecule is CC(N)(CN1CCn2ccnc2C1)C1CC1. The van der Waals surface area contributed by atoms with E-state index in [0.717, 1.165) is 32.1 Å². The van der Waals surface area contributed by atoms with Gasteiger partial charge in [0.05, 0.1) is 6.54 Å². The van der Waals surface area contributed by atoms with Crippen LogP contribution < -0.4 is 5.73 Å². The van der Waals surface area contributed by atoms with Gasteiger partial charge in [0.15, 0.2) is 0 Å². The second-order valence-corrected chi connectivity index (χ2v) is 5.53. The van der Waals surface area contributed by atoms with Gasteiger partial charge in [-0.2, -0.15) is 0 Å². The fraction of sp³-hybridized carbons (Fsp3) is 0.750. The quantitative estimate of drug-likeness (QED) is 0.820. The molecule has 1 aromatic heterocycles. The molecule has 2 N–H and O–H groups in total. The molecule has 1 aliphatic carbocycles. The van der Waals surface area contributed by atoms with E-state index in [0.29, 0.717) is 0 Å². The summed E-state index contributed by atoms with van der Waals surface area (Å²) in [6.07, 6.45) is 6.58. The van der Waals surface area contributed by atoms with E-state index in [1.54, 1.807) is 0 Å². The fourth-order valence-electron chi connectivity index (χ4n) is 2.71. The summed E-state index contributed by atoms with van der Waals surface area (Å²) < 4.78 is 2.24. The van der Waals surface area contributed by atoms with Crippen molar-refractivity contribution < 1.29 is 0 Å². The Bertz CT molecular complexity index is 378. The Kier molecular flexibility index (Phi) is 2.30. The maximum absolute atomic E-state index is 6.38. The van der Waals surface area contributed by atoms with Gasteiger partial charge in [0.1, 0.15) is 5.82 Å². The normalized spacial score (nSPS) is 25.1. The zero-order valence-corrected chi connectivity index (χ0v) is 9.89. The van der Waals surface area contributed by atoms with Crippen molar-refractivity contribution in [2.24, 2.45) is 11.7 Å². The van der Waals surface area contributed by atoms with Crippen LogP contribution in [-0.2, 0) is 13.1 Å². The molecule has 0 amide bonds. The van der Waals surface area contributed by atoms with Crippen LogP contribution in [0.3, 0.4) is 0 Å². The topological polar surface area (TPSA) is 47.1 Å². The van der Waals surface area contributed by atoms with Crippen LogP contribution in [0.4, 0.5) is 0 Å². The molecular weight excluding hydrogens is 200 g/mol. The monoisotopic (exact) mass is 220 g/mol. The molecule has 1 fully saturated rings. The van der Waals surface area contributed by atoms with Crippen LogP contribution >= 0.6 is 0 Å². The lowest BCUT2D eigenvalue weighted by Gasteiger charge is -2.35. The van der Waals surface area contributed by atoms with Crippen LogP contribution in [0, 0.1) is 5.92 Å². The lowest BCUT2D eigenvalue weighted by atomic mass is 9.96. The standard InChI is InChI=1S/C12H20N4/c1-12(13,10-2-3-10)9-15-6-7-16-5-4-14-11(16)8-15/h4-5,10H,2-3,6-9,13H2,1H3. The average molecular weight is 220 g/mol. The third-order valence-corrected chi connectivity index (χ3v) is 3.90. The molecule has 16 heavy (non-hydrogen) atoms. The highest BCUT2D eigenvalue weighted by atomic mass is 15.2. The molecule has 3 rings (SSSR count). The summed E-state index contributed by atoms with van der Waals surface area (Å²) in [5.74, 6) is 1.92. The molecule has 2 heterocycles. The van der Waals surface area contributed by atoms with Crippen LogP contribution in [0.2, 0.25) is 0 Å². The summed E-state index contributed by atoms with van der Waals surface area (Å²) in [4.78, 5) is 6.82. The average Bonchev–Trinajstić information content (AvgIpc) is 2.99. The smallest absolute Gasteiger partial charge is 0.122 e. The first-order chi connectivity index (χ1) is 7.65. The highest BCUT2D eigenvalue weighted by molar-refractivity contribution is 5.00. The molecule has 0 saturated heterocycles. The highest BCUT2D eigenvalue weighted by Crippen LogP contribution is 2.38. The lowest BCUT2D eigenvalue weighted by molar-refractivity contribution is 0.164. The third kappa shape index (κ3) is 1.87. The molecule has 0 radical (unpaired) electrons. The predicted octanol–water partition coefficient (Wildman–Crippen LogP) is 0.826. The summed E-state index contributed by atoms with van der Waals surface area (Å²) in [5.41, 5.74) is 6.37. The van der Waals surface area contributed by atoms with Crippen LogP contribution in [0.1, 0.15) is 25.6 Å². The number of hydrogen-bond donors (Lipinski definition) is 1. The Balaban J connectivity index is 1.65. The molecule has 1 aliphatic heterocycles. The van der Waals surface area contributed by atoms with E-state index in [9.17, 15) is 0 Å². The van der Waals surface area contributed by atoms with Crippen LogP contribution in [-0.4, -0.2) is 33.1 Å². The Morgan fingerprint density at radius 1 is 1.50 bits per heavy atom. The van der Waals surface area contributed by atoms with Gasteiger partial charge in [-0.05, 0) is 25.7 Å². The number of fused-ring (bicyclic) bond motifs is 1. The van der Waals surface area contributed by atoms with Gasteiger partial charge in [-0.1, -0.05) is 0 Å². The highest BCUT2D eigenvalue weighted by Gasteiger charge is 2.39. The first-order valence-electron chi connectivity index (χ1n) is 6.16. The predicted molar refractivity (Wildman–Crippen MR) is 62.8 cm³/mol. The first-order valence-corrected chi connectivity index (χ1v) is 6.16. The maximum Gasteiger partial charge on any atom is 0.122 e. The van der Waals surface area contributed by atoms with Gasteiger partial charge in [-0.15, -0.1) is 0 Å². The van der Waals surface area contributed by atoms with Gasteiger partial charge < -0.3 is 10.3 Å². The van der Waals surface area contributed by atoms with Gasteiger partial charge >= 0.3 is 0 Å². The molecule has 0 bridgehead atoms. The van der Waals surface area contributed by atoms with Crippen molar-refractivity contribution in [2.45, 2.75) is 38.4 Å². The summed E-state index contributed by atoms with van der Waals surface area (Å²) in [5, 5.41) is 0. The minimum atomic E-state index is -0.00520. The minimum absolute atomic E-state index is 0.00520. The molecule has 1 atom stereocenters. The van der Waals surface area contributed by atoms with Gasteiger partial charge in [0, 0.05) is 37.6 Å². The Morgan fingerprint density at radius 3 is 3.06 bits per heavy atom. The molecule has 1 saturated carbocycles. The van der Waals surface area contributed by atoms with Gasteiger partial charge in [-0.3, -0.25) is 4.90 Å². The number of rotatable bonds is 3. The number of aromatic nitrogens is 2. The summed E-state index contributed by atoms with van der Waals surface area (Å²) in [7, 11) is 0. The molecule has 0 aromatic carbocycles. The van der Waals surface area contributed by atoms with Crippen molar-refractivity contribution in [3.63, 3.8) is 0 Å². The molecular formula is C12H20N4. The molecule has 1 aromatic rings. The van der Waals surface area contributed by atoms with Crippen molar-refractivity contribution in [1.82, 2.24) is 14.5 Å². The van der Waals surface area contributed by atoms with E-state index in [4.69, 9.17) is 5.73 Å². The maximum atomic E-state index is 6.38. The number of nitrogens with two attached hydrogens (primary N) is 1. The number of nitrogens with zero attached hydrogens (tertiary/aromatic N) is 3. The van der Waals surface area contributed by atoms with E-state index in [1.807, 2.05) is 6.20 Å². The van der Waals surface area contributed by atoms with E-state index in [1.165, 1.54) is 18.7 Å². The number of hydrogen-bond acceptors (Lipinski definition) is 3. The van der Waals surface area contributed by atoms with Gasteiger partial charge in [-0.25, -0.2) is 4.98 Å². The zero-order valence-electron chi connectivity index (χ0n) is 9.89. The second kappa shape index (κ2) is 3.57. The van der Waals surface area contributed by atoms with Crippen LogP contribution in [0.5, 0.6) is 0 Å². The van der Waals surface area contributed by atoms with E-state index in [2.05, 4.69) is 27.6 Å². The fourth-order valence-corrected chi connectivity index (χ4v) is 2.71. The van der Waals surface area contributed by atoms with Crippen molar-refractivity contribution >= 4 is 0 Å². The van der Waals surface area contributed by atoms with Crippen molar-refractivity contribution in [3.8, 4) is 0 Å². The Hall–Kier alpha value is -0.870. The van der Waals surface area contributed by atoms with Crippen molar-refractivity contribution in [2.75, 3.05) is 13.1 Å². The molecule has 1 unspecified atom stereocenters. The summed E-state index contributed by atoms with van der Waals surface area (Å²) >= 11 is 0. The minimum Gasteiger partial charge on any atom is -0.333 e. The summed E-state index contributed by atoms with van der Waals surface area (Å²) in [6, 6.07) is 0. The largest absolute Gasteiger partial charge is 0.333 e. The molecule has 0 spiro atoms. The van der Waals surface area contributed by atoms with Crippen LogP contribution in [0.15, 0.2) is 12.4 Å². The van der Waals surface area contributed by atoms with E-state index in [-0.39, 0.29) is 5.54 Å². The van der Waals surface area contributed by atoms with Gasteiger partial charge in [0.2, 0.25) is 0 Å². The molecule has 4 nitrogen and oxygen atoms in total. The summed E-state index contributed by atoms with van der Waals surface area (Å²) in [6.45, 7) is 6.31. The number of imidazole rings is 1. The van der Waals surface area contributed by atoms with Crippen molar-refractivity contribution in [3.05, 3.63) is 18.2 Å². The Morgan fingerprint density at radius 2 is 2.31 bits per heavy atom. The Labute approximate surface area is 96.4 Å². The molecule has 4 heteroatoms. The van der Waals surface area contributed by atoms with Crippen LogP contribution in [0.25, 0.3) is 0 Å².